The minimum atomic E-state index is -1.07. The van der Waals surface area contributed by atoms with Crippen molar-refractivity contribution in [2.75, 3.05) is 33.3 Å². The number of halogens is 2. The zero-order valence-corrected chi connectivity index (χ0v) is 14.4. The lowest BCUT2D eigenvalue weighted by molar-refractivity contribution is -0.150. The highest BCUT2D eigenvalue weighted by atomic mass is 19.2. The van der Waals surface area contributed by atoms with Crippen LogP contribution in [-0.4, -0.2) is 60.9 Å². The van der Waals surface area contributed by atoms with Crippen molar-refractivity contribution in [1.82, 2.24) is 9.80 Å². The molecule has 0 N–H and O–H groups in total. The van der Waals surface area contributed by atoms with Crippen LogP contribution < -0.4 is 0 Å². The van der Waals surface area contributed by atoms with Gasteiger partial charge in [0, 0.05) is 31.7 Å². The van der Waals surface area contributed by atoms with Gasteiger partial charge in [-0.3, -0.25) is 14.4 Å². The Morgan fingerprint density at radius 1 is 1.00 bits per heavy atom. The molecule has 140 valence electrons. The number of amides is 2. The highest BCUT2D eigenvalue weighted by Crippen LogP contribution is 2.25. The SMILES string of the molecule is COC(=O)C1CCN(C(=O)C2CN(C(=O)c3ccc(F)c(F)c3)C2)CC1. The Balaban J connectivity index is 1.50. The molecule has 8 heteroatoms. The van der Waals surface area contributed by atoms with E-state index >= 15 is 0 Å². The second-order valence-corrected chi connectivity index (χ2v) is 6.66. The summed E-state index contributed by atoms with van der Waals surface area (Å²) in [6.07, 6.45) is 1.14. The first-order valence-corrected chi connectivity index (χ1v) is 8.51. The van der Waals surface area contributed by atoms with Crippen LogP contribution >= 0.6 is 0 Å². The summed E-state index contributed by atoms with van der Waals surface area (Å²) in [6.45, 7) is 1.50. The number of ether oxygens (including phenoxy) is 1. The number of carbonyl (C=O) groups excluding carboxylic acids is 3. The van der Waals surface area contributed by atoms with E-state index in [1.807, 2.05) is 0 Å². The average molecular weight is 366 g/mol. The number of nitrogens with zero attached hydrogens (tertiary/aromatic N) is 2. The van der Waals surface area contributed by atoms with E-state index < -0.39 is 17.5 Å². The summed E-state index contributed by atoms with van der Waals surface area (Å²) in [7, 11) is 1.35. The summed E-state index contributed by atoms with van der Waals surface area (Å²) in [5.41, 5.74) is 0.0636. The van der Waals surface area contributed by atoms with Crippen molar-refractivity contribution >= 4 is 17.8 Å². The van der Waals surface area contributed by atoms with Crippen LogP contribution in [0.25, 0.3) is 0 Å². The van der Waals surface area contributed by atoms with Crippen molar-refractivity contribution in [2.45, 2.75) is 12.8 Å². The van der Waals surface area contributed by atoms with Gasteiger partial charge in [-0.1, -0.05) is 0 Å². The Morgan fingerprint density at radius 2 is 1.65 bits per heavy atom. The molecule has 2 heterocycles. The minimum absolute atomic E-state index is 0.0392. The highest BCUT2D eigenvalue weighted by molar-refractivity contribution is 5.96. The van der Waals surface area contributed by atoms with Gasteiger partial charge in [0.05, 0.1) is 18.9 Å². The first kappa shape index (κ1) is 18.3. The zero-order chi connectivity index (χ0) is 18.8. The van der Waals surface area contributed by atoms with Gasteiger partial charge in [-0.25, -0.2) is 8.78 Å². The molecule has 0 aliphatic carbocycles. The normalized spacial score (nSPS) is 18.4. The standard InChI is InChI=1S/C18H20F2N2O4/c1-26-18(25)11-4-6-21(7-5-11)17(24)13-9-22(10-13)16(23)12-2-3-14(19)15(20)8-12/h2-3,8,11,13H,4-7,9-10H2,1H3. The van der Waals surface area contributed by atoms with Crippen molar-refractivity contribution in [3.63, 3.8) is 0 Å². The molecule has 0 bridgehead atoms. The van der Waals surface area contributed by atoms with Gasteiger partial charge in [0.25, 0.3) is 5.91 Å². The number of hydrogen-bond acceptors (Lipinski definition) is 4. The zero-order valence-electron chi connectivity index (χ0n) is 14.4. The smallest absolute Gasteiger partial charge is 0.308 e. The lowest BCUT2D eigenvalue weighted by Gasteiger charge is -2.42. The molecule has 26 heavy (non-hydrogen) atoms. The van der Waals surface area contributed by atoms with Crippen LogP contribution in [0.3, 0.4) is 0 Å². The summed E-state index contributed by atoms with van der Waals surface area (Å²) in [4.78, 5) is 39.4. The Hall–Kier alpha value is -2.51. The fourth-order valence-electron chi connectivity index (χ4n) is 3.37. The van der Waals surface area contributed by atoms with Crippen LogP contribution in [0, 0.1) is 23.5 Å². The molecule has 6 nitrogen and oxygen atoms in total. The predicted molar refractivity (Wildman–Crippen MR) is 87.1 cm³/mol. The lowest BCUT2D eigenvalue weighted by atomic mass is 9.93. The number of hydrogen-bond donors (Lipinski definition) is 0. The molecule has 3 rings (SSSR count). The summed E-state index contributed by atoms with van der Waals surface area (Å²) in [5.74, 6) is -3.24. The van der Waals surface area contributed by atoms with Gasteiger partial charge < -0.3 is 14.5 Å². The number of benzene rings is 1. The van der Waals surface area contributed by atoms with Crippen LogP contribution in [0.1, 0.15) is 23.2 Å². The summed E-state index contributed by atoms with van der Waals surface area (Å²) in [6, 6.07) is 3.01. The third-order valence-electron chi connectivity index (χ3n) is 5.03. The van der Waals surface area contributed by atoms with Crippen molar-refractivity contribution in [3.8, 4) is 0 Å². The van der Waals surface area contributed by atoms with Crippen LogP contribution in [0.4, 0.5) is 8.78 Å². The summed E-state index contributed by atoms with van der Waals surface area (Å²) in [5, 5.41) is 0. The Labute approximate surface area is 149 Å². The van der Waals surface area contributed by atoms with E-state index in [0.29, 0.717) is 25.9 Å². The summed E-state index contributed by atoms with van der Waals surface area (Å²) >= 11 is 0. The molecule has 1 aromatic carbocycles. The molecule has 0 radical (unpaired) electrons. The molecule has 2 amide bonds. The van der Waals surface area contributed by atoms with Crippen LogP contribution in [0.5, 0.6) is 0 Å². The van der Waals surface area contributed by atoms with Gasteiger partial charge >= 0.3 is 5.97 Å². The average Bonchev–Trinajstić information content (AvgIpc) is 2.62. The number of carbonyl (C=O) groups is 3. The van der Waals surface area contributed by atoms with Gasteiger partial charge in [-0.05, 0) is 31.0 Å². The van der Waals surface area contributed by atoms with Gasteiger partial charge in [-0.2, -0.15) is 0 Å². The van der Waals surface area contributed by atoms with Crippen LogP contribution in [0.2, 0.25) is 0 Å². The molecule has 0 atom stereocenters. The Bertz CT molecular complexity index is 726. The number of esters is 1. The maximum absolute atomic E-state index is 13.2. The maximum Gasteiger partial charge on any atom is 0.308 e. The molecule has 2 fully saturated rings. The van der Waals surface area contributed by atoms with E-state index in [2.05, 4.69) is 0 Å². The third kappa shape index (κ3) is 3.54. The molecular weight excluding hydrogens is 346 g/mol. The van der Waals surface area contributed by atoms with Gasteiger partial charge in [-0.15, -0.1) is 0 Å². The molecule has 2 aliphatic rings. The van der Waals surface area contributed by atoms with E-state index in [1.54, 1.807) is 4.90 Å². The molecule has 0 aromatic heterocycles. The van der Waals surface area contributed by atoms with Crippen molar-refractivity contribution in [2.24, 2.45) is 11.8 Å². The summed E-state index contributed by atoms with van der Waals surface area (Å²) < 4.78 is 30.9. The molecular formula is C18H20F2N2O4. The molecule has 0 saturated carbocycles. The molecule has 0 unspecified atom stereocenters. The number of methoxy groups -OCH3 is 1. The van der Waals surface area contributed by atoms with E-state index in [9.17, 15) is 23.2 Å². The second kappa shape index (κ2) is 7.39. The molecule has 1 aromatic rings. The minimum Gasteiger partial charge on any atom is -0.469 e. The maximum atomic E-state index is 13.2. The quantitative estimate of drug-likeness (QED) is 0.760. The number of likely N-dealkylation sites (tertiary alicyclic amines) is 2. The Kier molecular flexibility index (Phi) is 5.20. The van der Waals surface area contributed by atoms with Crippen LogP contribution in [-0.2, 0) is 14.3 Å². The largest absolute Gasteiger partial charge is 0.469 e. The van der Waals surface area contributed by atoms with E-state index in [0.717, 1.165) is 12.1 Å². The van der Waals surface area contributed by atoms with Crippen molar-refractivity contribution in [1.29, 1.82) is 0 Å². The fraction of sp³-hybridized carbons (Fsp3) is 0.500. The highest BCUT2D eigenvalue weighted by Gasteiger charge is 2.39. The van der Waals surface area contributed by atoms with Gasteiger partial charge in [0.15, 0.2) is 11.6 Å². The van der Waals surface area contributed by atoms with Crippen LogP contribution in [0.15, 0.2) is 18.2 Å². The molecule has 2 aliphatic heterocycles. The predicted octanol–water partition coefficient (Wildman–Crippen LogP) is 1.45. The molecule has 0 spiro atoms. The van der Waals surface area contributed by atoms with Gasteiger partial charge in [0.2, 0.25) is 5.91 Å². The number of piperidine rings is 1. The van der Waals surface area contributed by atoms with E-state index in [1.165, 1.54) is 18.1 Å². The first-order valence-electron chi connectivity index (χ1n) is 8.51. The fourth-order valence-corrected chi connectivity index (χ4v) is 3.37. The van der Waals surface area contributed by atoms with Gasteiger partial charge in [0.1, 0.15) is 0 Å². The monoisotopic (exact) mass is 366 g/mol. The third-order valence-corrected chi connectivity index (χ3v) is 5.03. The van der Waals surface area contributed by atoms with E-state index in [4.69, 9.17) is 4.74 Å². The number of rotatable bonds is 3. The van der Waals surface area contributed by atoms with E-state index in [-0.39, 0.29) is 42.4 Å². The van der Waals surface area contributed by atoms with Crippen molar-refractivity contribution < 1.29 is 27.9 Å². The lowest BCUT2D eigenvalue weighted by Crippen LogP contribution is -2.57. The van der Waals surface area contributed by atoms with Crippen molar-refractivity contribution in [3.05, 3.63) is 35.4 Å². The molecule has 2 saturated heterocycles. The Morgan fingerprint density at radius 3 is 2.23 bits per heavy atom. The second-order valence-electron chi connectivity index (χ2n) is 6.66. The first-order chi connectivity index (χ1) is 12.4. The topological polar surface area (TPSA) is 66.9 Å².